The van der Waals surface area contributed by atoms with Gasteiger partial charge in [0.15, 0.2) is 0 Å². The van der Waals surface area contributed by atoms with Crippen LogP contribution in [0.15, 0.2) is 80.3 Å². The fourth-order valence-corrected chi connectivity index (χ4v) is 4.59. The van der Waals surface area contributed by atoms with Gasteiger partial charge >= 0.3 is 5.97 Å². The van der Waals surface area contributed by atoms with Crippen LogP contribution < -0.4 is 0 Å². The van der Waals surface area contributed by atoms with Crippen LogP contribution >= 0.6 is 23.5 Å². The molecule has 0 aliphatic carbocycles. The average Bonchev–Trinajstić information content (AvgIpc) is 2.62. The molecule has 0 amide bonds. The van der Waals surface area contributed by atoms with E-state index in [0.717, 1.165) is 12.8 Å². The highest BCUT2D eigenvalue weighted by Gasteiger charge is 2.15. The lowest BCUT2D eigenvalue weighted by Crippen LogP contribution is -2.15. The Hall–Kier alpha value is -1.65. The van der Waals surface area contributed by atoms with Crippen molar-refractivity contribution in [3.8, 4) is 0 Å². The minimum Gasteiger partial charge on any atom is -0.462 e. The lowest BCUT2D eigenvalue weighted by atomic mass is 10.1. The van der Waals surface area contributed by atoms with Crippen LogP contribution in [0.5, 0.6) is 0 Å². The molecule has 0 bridgehead atoms. The Morgan fingerprint density at radius 2 is 1.40 bits per heavy atom. The molecule has 0 fully saturated rings. The third-order valence-electron chi connectivity index (χ3n) is 3.58. The third-order valence-corrected chi connectivity index (χ3v) is 6.16. The second-order valence-corrected chi connectivity index (χ2v) is 8.17. The highest BCUT2D eigenvalue weighted by molar-refractivity contribution is 8.22. The molecule has 0 radical (unpaired) electrons. The number of benzene rings is 2. The average molecular weight is 373 g/mol. The van der Waals surface area contributed by atoms with Crippen molar-refractivity contribution in [1.82, 2.24) is 0 Å². The zero-order chi connectivity index (χ0) is 18.1. The van der Waals surface area contributed by atoms with Gasteiger partial charge in [0.05, 0.1) is 0 Å². The van der Waals surface area contributed by atoms with Crippen molar-refractivity contribution < 1.29 is 9.53 Å². The molecule has 2 rings (SSSR count). The van der Waals surface area contributed by atoms with Crippen LogP contribution in [0.1, 0.15) is 33.6 Å². The maximum absolute atomic E-state index is 11.3. The van der Waals surface area contributed by atoms with Gasteiger partial charge in [-0.15, -0.1) is 0 Å². The first-order valence-corrected chi connectivity index (χ1v) is 10.0. The minimum atomic E-state index is -0.215. The minimum absolute atomic E-state index is 0.0692. The van der Waals surface area contributed by atoms with Crippen LogP contribution in [0.2, 0.25) is 0 Å². The van der Waals surface area contributed by atoms with E-state index in [4.69, 9.17) is 4.74 Å². The van der Waals surface area contributed by atoms with Gasteiger partial charge in [0.25, 0.3) is 0 Å². The second kappa shape index (κ2) is 10.4. The number of carbonyl (C=O) groups is 1. The van der Waals surface area contributed by atoms with Gasteiger partial charge in [-0.25, -0.2) is 0 Å². The standard InChI is InChI=1S/C21H24O2S2/c1-4-18(23-17(3)22)15-16(2)21(24-19-11-7-5-8-12-19)25-20-13-9-6-10-14-20/h5-14,18H,4,15H2,1-3H3/t18-/m0/s1. The molecular weight excluding hydrogens is 348 g/mol. The number of hydrogen-bond donors (Lipinski definition) is 0. The molecule has 0 aliphatic heterocycles. The van der Waals surface area contributed by atoms with E-state index in [1.165, 1.54) is 26.5 Å². The third kappa shape index (κ3) is 7.00. The van der Waals surface area contributed by atoms with E-state index in [1.807, 2.05) is 12.1 Å². The van der Waals surface area contributed by atoms with Gasteiger partial charge in [-0.1, -0.05) is 66.8 Å². The second-order valence-electron chi connectivity index (χ2n) is 5.74. The number of thioether (sulfide) groups is 2. The number of hydrogen-bond acceptors (Lipinski definition) is 4. The molecule has 0 N–H and O–H groups in total. The molecule has 0 spiro atoms. The van der Waals surface area contributed by atoms with Gasteiger partial charge in [0.2, 0.25) is 0 Å². The lowest BCUT2D eigenvalue weighted by molar-refractivity contribution is -0.146. The first-order chi connectivity index (χ1) is 12.1. The first kappa shape index (κ1) is 19.7. The molecule has 0 aliphatic rings. The highest BCUT2D eigenvalue weighted by Crippen LogP contribution is 2.42. The van der Waals surface area contributed by atoms with Crippen LogP contribution in [0.4, 0.5) is 0 Å². The highest BCUT2D eigenvalue weighted by atomic mass is 32.2. The molecule has 0 saturated carbocycles. The van der Waals surface area contributed by atoms with E-state index in [-0.39, 0.29) is 12.1 Å². The summed E-state index contributed by atoms with van der Waals surface area (Å²) in [6, 6.07) is 20.7. The normalized spacial score (nSPS) is 11.6. The molecule has 4 heteroatoms. The van der Waals surface area contributed by atoms with Crippen molar-refractivity contribution in [3.05, 3.63) is 70.5 Å². The fourth-order valence-electron chi connectivity index (χ4n) is 2.32. The van der Waals surface area contributed by atoms with E-state index < -0.39 is 0 Å². The molecule has 2 aromatic rings. The van der Waals surface area contributed by atoms with Crippen LogP contribution in [0, 0.1) is 0 Å². The number of rotatable bonds is 8. The largest absolute Gasteiger partial charge is 0.462 e. The quantitative estimate of drug-likeness (QED) is 0.388. The molecule has 0 saturated heterocycles. The summed E-state index contributed by atoms with van der Waals surface area (Å²) in [5.41, 5.74) is 1.25. The number of carbonyl (C=O) groups excluding carboxylic acids is 1. The summed E-state index contributed by atoms with van der Waals surface area (Å²) in [4.78, 5) is 13.7. The Bertz CT molecular complexity index is 653. The SMILES string of the molecule is CC[C@@H](CC(C)=C(Sc1ccccc1)Sc1ccccc1)OC(C)=O. The fraction of sp³-hybridized carbons (Fsp3) is 0.286. The van der Waals surface area contributed by atoms with Crippen molar-refractivity contribution in [2.75, 3.05) is 0 Å². The van der Waals surface area contributed by atoms with Crippen LogP contribution in [-0.4, -0.2) is 12.1 Å². The van der Waals surface area contributed by atoms with E-state index in [1.54, 1.807) is 23.5 Å². The van der Waals surface area contributed by atoms with E-state index >= 15 is 0 Å². The monoisotopic (exact) mass is 372 g/mol. The smallest absolute Gasteiger partial charge is 0.302 e. The predicted molar refractivity (Wildman–Crippen MR) is 108 cm³/mol. The van der Waals surface area contributed by atoms with Gasteiger partial charge < -0.3 is 4.74 Å². The van der Waals surface area contributed by atoms with Gasteiger partial charge in [-0.05, 0) is 43.2 Å². The Morgan fingerprint density at radius 3 is 1.80 bits per heavy atom. The molecule has 132 valence electrons. The summed E-state index contributed by atoms with van der Waals surface area (Å²) in [5.74, 6) is -0.215. The summed E-state index contributed by atoms with van der Waals surface area (Å²) >= 11 is 3.53. The number of esters is 1. The summed E-state index contributed by atoms with van der Waals surface area (Å²) in [7, 11) is 0. The first-order valence-electron chi connectivity index (χ1n) is 8.41. The van der Waals surface area contributed by atoms with Gasteiger partial charge in [-0.3, -0.25) is 4.79 Å². The maximum Gasteiger partial charge on any atom is 0.302 e. The zero-order valence-electron chi connectivity index (χ0n) is 14.9. The molecule has 2 nitrogen and oxygen atoms in total. The molecule has 25 heavy (non-hydrogen) atoms. The molecule has 0 aromatic heterocycles. The summed E-state index contributed by atoms with van der Waals surface area (Å²) in [6.45, 7) is 5.66. The van der Waals surface area contributed by atoms with Gasteiger partial charge in [-0.2, -0.15) is 0 Å². The van der Waals surface area contributed by atoms with Crippen LogP contribution in [-0.2, 0) is 9.53 Å². The van der Waals surface area contributed by atoms with Crippen LogP contribution in [0.3, 0.4) is 0 Å². The zero-order valence-corrected chi connectivity index (χ0v) is 16.5. The van der Waals surface area contributed by atoms with E-state index in [9.17, 15) is 4.79 Å². The van der Waals surface area contributed by atoms with Crippen molar-refractivity contribution >= 4 is 29.5 Å². The Labute approximate surface area is 159 Å². The van der Waals surface area contributed by atoms with Gasteiger partial charge in [0.1, 0.15) is 6.10 Å². The summed E-state index contributed by atoms with van der Waals surface area (Å²) < 4.78 is 6.67. The van der Waals surface area contributed by atoms with E-state index in [2.05, 4.69) is 62.4 Å². The van der Waals surface area contributed by atoms with Crippen molar-refractivity contribution in [1.29, 1.82) is 0 Å². The summed E-state index contributed by atoms with van der Waals surface area (Å²) in [6.07, 6.45) is 1.50. The lowest BCUT2D eigenvalue weighted by Gasteiger charge is -2.18. The van der Waals surface area contributed by atoms with Crippen LogP contribution in [0.25, 0.3) is 0 Å². The van der Waals surface area contributed by atoms with E-state index in [0.29, 0.717) is 0 Å². The predicted octanol–water partition coefficient (Wildman–Crippen LogP) is 6.53. The topological polar surface area (TPSA) is 26.3 Å². The van der Waals surface area contributed by atoms with Crippen molar-refractivity contribution in [3.63, 3.8) is 0 Å². The molecule has 0 heterocycles. The molecule has 2 aromatic carbocycles. The molecular formula is C21H24O2S2. The Kier molecular flexibility index (Phi) is 8.16. The van der Waals surface area contributed by atoms with Crippen molar-refractivity contribution in [2.24, 2.45) is 0 Å². The maximum atomic E-state index is 11.3. The van der Waals surface area contributed by atoms with Crippen molar-refractivity contribution in [2.45, 2.75) is 49.5 Å². The molecule has 0 unspecified atom stereocenters. The van der Waals surface area contributed by atoms with Gasteiger partial charge in [0, 0.05) is 27.4 Å². The Morgan fingerprint density at radius 1 is 0.920 bits per heavy atom. The number of ether oxygens (including phenoxy) is 1. The summed E-state index contributed by atoms with van der Waals surface area (Å²) in [5, 5.41) is 0. The Balaban J connectivity index is 2.23. The molecule has 1 atom stereocenters.